The highest BCUT2D eigenvalue weighted by molar-refractivity contribution is 7.80. The van der Waals surface area contributed by atoms with E-state index in [1.165, 1.54) is 0 Å². The summed E-state index contributed by atoms with van der Waals surface area (Å²) in [4.78, 5) is 0.316. The maximum atomic E-state index is 6.21. The molecule has 2 aromatic carbocycles. The van der Waals surface area contributed by atoms with Gasteiger partial charge in [-0.25, -0.2) is 0 Å². The van der Waals surface area contributed by atoms with Crippen LogP contribution in [-0.4, -0.2) is 12.1 Å². The largest absolute Gasteiger partial charge is 0.496 e. The molecule has 3 N–H and O–H groups in total. The molecule has 2 rings (SSSR count). The summed E-state index contributed by atoms with van der Waals surface area (Å²) in [6.07, 6.45) is 0. The van der Waals surface area contributed by atoms with Crippen LogP contribution in [0.25, 0.3) is 0 Å². The Bertz CT molecular complexity index is 677. The Morgan fingerprint density at radius 3 is 2.62 bits per heavy atom. The second-order valence-electron chi connectivity index (χ2n) is 4.33. The summed E-state index contributed by atoms with van der Waals surface area (Å²) >= 11 is 17.3. The third kappa shape index (κ3) is 3.79. The fourth-order valence-corrected chi connectivity index (χ4v) is 2.50. The van der Waals surface area contributed by atoms with Crippen molar-refractivity contribution < 1.29 is 4.74 Å². The zero-order valence-corrected chi connectivity index (χ0v) is 13.6. The zero-order chi connectivity index (χ0) is 15.4. The molecule has 0 saturated carbocycles. The number of thiocarbonyl (C=S) groups is 1. The van der Waals surface area contributed by atoms with Gasteiger partial charge in [-0.2, -0.15) is 0 Å². The van der Waals surface area contributed by atoms with Gasteiger partial charge >= 0.3 is 0 Å². The quantitative estimate of drug-likeness (QED) is 0.799. The SMILES string of the molecule is COc1cccc(Cl)c1CNc1ccc(C(N)=S)cc1Cl. The number of ether oxygens (including phenoxy) is 1. The minimum Gasteiger partial charge on any atom is -0.496 e. The maximum Gasteiger partial charge on any atom is 0.125 e. The molecule has 0 fully saturated rings. The molecule has 0 aromatic heterocycles. The maximum absolute atomic E-state index is 6.21. The van der Waals surface area contributed by atoms with Crippen molar-refractivity contribution >= 4 is 46.1 Å². The van der Waals surface area contributed by atoms with Crippen molar-refractivity contribution in [2.45, 2.75) is 6.54 Å². The number of benzene rings is 2. The van der Waals surface area contributed by atoms with E-state index < -0.39 is 0 Å². The first-order chi connectivity index (χ1) is 10.0. The highest BCUT2D eigenvalue weighted by Crippen LogP contribution is 2.29. The number of halogens is 2. The van der Waals surface area contributed by atoms with Crippen LogP contribution in [0, 0.1) is 0 Å². The highest BCUT2D eigenvalue weighted by atomic mass is 35.5. The van der Waals surface area contributed by atoms with Crippen LogP contribution >= 0.6 is 35.4 Å². The van der Waals surface area contributed by atoms with Gasteiger partial charge in [0.15, 0.2) is 0 Å². The van der Waals surface area contributed by atoms with Crippen molar-refractivity contribution in [1.29, 1.82) is 0 Å². The third-order valence-corrected chi connectivity index (χ3v) is 3.91. The molecule has 0 unspecified atom stereocenters. The van der Waals surface area contributed by atoms with Crippen molar-refractivity contribution in [1.82, 2.24) is 0 Å². The van der Waals surface area contributed by atoms with Crippen LogP contribution in [0.2, 0.25) is 10.0 Å². The molecule has 0 spiro atoms. The number of rotatable bonds is 5. The van der Waals surface area contributed by atoms with E-state index >= 15 is 0 Å². The van der Waals surface area contributed by atoms with E-state index in [4.69, 9.17) is 45.9 Å². The molecule has 0 aliphatic heterocycles. The van der Waals surface area contributed by atoms with Crippen molar-refractivity contribution in [2.24, 2.45) is 5.73 Å². The molecular weight excluding hydrogens is 327 g/mol. The molecule has 0 heterocycles. The van der Waals surface area contributed by atoms with Gasteiger partial charge in [0.25, 0.3) is 0 Å². The minimum atomic E-state index is 0.316. The minimum absolute atomic E-state index is 0.316. The van der Waals surface area contributed by atoms with Crippen LogP contribution in [0.4, 0.5) is 5.69 Å². The molecular formula is C15H14Cl2N2OS. The van der Waals surface area contributed by atoms with Gasteiger partial charge in [-0.15, -0.1) is 0 Å². The summed E-state index contributed by atoms with van der Waals surface area (Å²) in [5, 5.41) is 4.41. The van der Waals surface area contributed by atoms with Crippen LogP contribution in [0.3, 0.4) is 0 Å². The average molecular weight is 341 g/mol. The second kappa shape index (κ2) is 6.98. The normalized spacial score (nSPS) is 10.2. The number of nitrogens with two attached hydrogens (primary N) is 1. The summed E-state index contributed by atoms with van der Waals surface area (Å²) in [6.45, 7) is 0.495. The Morgan fingerprint density at radius 1 is 1.24 bits per heavy atom. The van der Waals surface area contributed by atoms with Gasteiger partial charge in [0.1, 0.15) is 10.7 Å². The Kier molecular flexibility index (Phi) is 5.28. The first-order valence-electron chi connectivity index (χ1n) is 6.17. The monoisotopic (exact) mass is 340 g/mol. The standard InChI is InChI=1S/C15H14Cl2N2OS/c1-20-14-4-2-3-11(16)10(14)8-19-13-6-5-9(15(18)21)7-12(13)17/h2-7,19H,8H2,1H3,(H2,18,21). The molecule has 0 bridgehead atoms. The summed E-state index contributed by atoms with van der Waals surface area (Å²) in [6, 6.07) is 10.9. The van der Waals surface area contributed by atoms with E-state index in [0.717, 1.165) is 22.6 Å². The van der Waals surface area contributed by atoms with Crippen LogP contribution in [0.1, 0.15) is 11.1 Å². The molecule has 0 aliphatic carbocycles. The summed E-state index contributed by atoms with van der Waals surface area (Å²) in [5.41, 5.74) is 7.95. The van der Waals surface area contributed by atoms with Gasteiger partial charge < -0.3 is 15.8 Å². The van der Waals surface area contributed by atoms with Gasteiger partial charge in [0, 0.05) is 22.7 Å². The highest BCUT2D eigenvalue weighted by Gasteiger charge is 2.09. The van der Waals surface area contributed by atoms with E-state index in [1.807, 2.05) is 30.3 Å². The first-order valence-corrected chi connectivity index (χ1v) is 7.34. The van der Waals surface area contributed by atoms with Gasteiger partial charge in [0.05, 0.1) is 17.8 Å². The predicted molar refractivity (Wildman–Crippen MR) is 92.7 cm³/mol. The van der Waals surface area contributed by atoms with Crippen molar-refractivity contribution in [3.05, 3.63) is 57.6 Å². The Hall–Kier alpha value is -1.49. The van der Waals surface area contributed by atoms with Crippen LogP contribution in [-0.2, 0) is 6.54 Å². The molecule has 0 saturated heterocycles. The topological polar surface area (TPSA) is 47.3 Å². The number of nitrogens with one attached hydrogen (secondary N) is 1. The molecule has 2 aromatic rings. The number of anilines is 1. The summed E-state index contributed by atoms with van der Waals surface area (Å²) in [5.74, 6) is 0.728. The van der Waals surface area contributed by atoms with E-state index in [-0.39, 0.29) is 0 Å². The lowest BCUT2D eigenvalue weighted by Gasteiger charge is -2.13. The third-order valence-electron chi connectivity index (χ3n) is 3.01. The van der Waals surface area contributed by atoms with E-state index in [9.17, 15) is 0 Å². The molecule has 0 amide bonds. The molecule has 3 nitrogen and oxygen atoms in total. The first kappa shape index (κ1) is 15.9. The van der Waals surface area contributed by atoms with Gasteiger partial charge in [-0.05, 0) is 30.3 Å². The lowest BCUT2D eigenvalue weighted by Crippen LogP contribution is -2.09. The molecule has 6 heteroatoms. The van der Waals surface area contributed by atoms with Gasteiger partial charge in [-0.3, -0.25) is 0 Å². The van der Waals surface area contributed by atoms with E-state index in [2.05, 4.69) is 5.32 Å². The number of methoxy groups -OCH3 is 1. The van der Waals surface area contributed by atoms with Gasteiger partial charge in [-0.1, -0.05) is 41.5 Å². The van der Waals surface area contributed by atoms with Crippen molar-refractivity contribution in [2.75, 3.05) is 12.4 Å². The Balaban J connectivity index is 2.19. The Morgan fingerprint density at radius 2 is 2.00 bits per heavy atom. The Labute approximate surface area is 139 Å². The summed E-state index contributed by atoms with van der Waals surface area (Å²) in [7, 11) is 1.61. The molecule has 0 aliphatic rings. The molecule has 0 atom stereocenters. The van der Waals surface area contributed by atoms with Gasteiger partial charge in [0.2, 0.25) is 0 Å². The summed E-state index contributed by atoms with van der Waals surface area (Å²) < 4.78 is 5.30. The number of hydrogen-bond donors (Lipinski definition) is 2. The average Bonchev–Trinajstić information content (AvgIpc) is 2.46. The fraction of sp³-hybridized carbons (Fsp3) is 0.133. The molecule has 21 heavy (non-hydrogen) atoms. The van der Waals surface area contributed by atoms with Crippen molar-refractivity contribution in [3.8, 4) is 5.75 Å². The second-order valence-corrected chi connectivity index (χ2v) is 5.59. The fourth-order valence-electron chi connectivity index (χ4n) is 1.90. The van der Waals surface area contributed by atoms with E-state index in [0.29, 0.717) is 21.6 Å². The van der Waals surface area contributed by atoms with Crippen molar-refractivity contribution in [3.63, 3.8) is 0 Å². The zero-order valence-electron chi connectivity index (χ0n) is 11.3. The van der Waals surface area contributed by atoms with Crippen LogP contribution in [0.15, 0.2) is 36.4 Å². The lowest BCUT2D eigenvalue weighted by atomic mass is 10.1. The number of hydrogen-bond acceptors (Lipinski definition) is 3. The smallest absolute Gasteiger partial charge is 0.125 e. The van der Waals surface area contributed by atoms with Crippen LogP contribution < -0.4 is 15.8 Å². The lowest BCUT2D eigenvalue weighted by molar-refractivity contribution is 0.410. The van der Waals surface area contributed by atoms with Crippen LogP contribution in [0.5, 0.6) is 5.75 Å². The van der Waals surface area contributed by atoms with E-state index in [1.54, 1.807) is 13.2 Å². The predicted octanol–water partition coefficient (Wildman–Crippen LogP) is 4.25. The molecule has 0 radical (unpaired) electrons. The molecule has 110 valence electrons.